The Balaban J connectivity index is 2.05. The number of carbonyl (C=O) groups excluding carboxylic acids is 1. The van der Waals surface area contributed by atoms with Gasteiger partial charge in [0.15, 0.2) is 0 Å². The molecule has 18 heavy (non-hydrogen) atoms. The first kappa shape index (κ1) is 12.9. The largest absolute Gasteiger partial charge is 0.371 e. The number of piperidine rings is 1. The maximum atomic E-state index is 11.7. The molecular formula is C14H21N3O. The first-order chi connectivity index (χ1) is 8.74. The van der Waals surface area contributed by atoms with Gasteiger partial charge in [-0.05, 0) is 30.5 Å². The Hall–Kier alpha value is -1.55. The number of benzene rings is 1. The lowest BCUT2D eigenvalue weighted by Crippen LogP contribution is -2.42. The molecule has 1 amide bonds. The van der Waals surface area contributed by atoms with E-state index in [0.717, 1.165) is 31.5 Å². The summed E-state index contributed by atoms with van der Waals surface area (Å²) >= 11 is 0. The van der Waals surface area contributed by atoms with Gasteiger partial charge >= 0.3 is 0 Å². The van der Waals surface area contributed by atoms with Crippen LogP contribution in [0.4, 0.5) is 5.69 Å². The molecule has 0 spiro atoms. The fourth-order valence-electron chi connectivity index (χ4n) is 2.47. The summed E-state index contributed by atoms with van der Waals surface area (Å²) in [5.41, 5.74) is 7.91. The second-order valence-corrected chi connectivity index (χ2v) is 4.77. The minimum atomic E-state index is 0.109. The zero-order chi connectivity index (χ0) is 13.0. The Morgan fingerprint density at radius 1 is 1.44 bits per heavy atom. The van der Waals surface area contributed by atoms with E-state index in [1.54, 1.807) is 7.05 Å². The van der Waals surface area contributed by atoms with Gasteiger partial charge in [0.1, 0.15) is 0 Å². The second kappa shape index (κ2) is 5.87. The Labute approximate surface area is 108 Å². The maximum Gasteiger partial charge on any atom is 0.224 e. The quantitative estimate of drug-likeness (QED) is 0.841. The van der Waals surface area contributed by atoms with Gasteiger partial charge in [-0.2, -0.15) is 0 Å². The minimum Gasteiger partial charge on any atom is -0.371 e. The van der Waals surface area contributed by atoms with Crippen LogP contribution < -0.4 is 16.0 Å². The first-order valence-electron chi connectivity index (χ1n) is 6.50. The van der Waals surface area contributed by atoms with Gasteiger partial charge in [0.25, 0.3) is 0 Å². The van der Waals surface area contributed by atoms with Crippen LogP contribution in [-0.4, -0.2) is 26.0 Å². The standard InChI is InChI=1S/C14H21N3O/c1-16-14(18)12-3-2-8-17(10-12)13-6-4-11(9-15)5-7-13/h4-7,12H,2-3,8-10,15H2,1H3,(H,16,18)/t12-/m0/s1. The van der Waals surface area contributed by atoms with E-state index < -0.39 is 0 Å². The van der Waals surface area contributed by atoms with Gasteiger partial charge < -0.3 is 16.0 Å². The molecule has 0 bridgehead atoms. The number of hydrogen-bond acceptors (Lipinski definition) is 3. The van der Waals surface area contributed by atoms with Crippen molar-refractivity contribution in [3.63, 3.8) is 0 Å². The lowest BCUT2D eigenvalue weighted by molar-refractivity contribution is -0.124. The third kappa shape index (κ3) is 2.82. The lowest BCUT2D eigenvalue weighted by atomic mass is 9.96. The fraction of sp³-hybridized carbons (Fsp3) is 0.500. The van der Waals surface area contributed by atoms with Gasteiger partial charge in [-0.3, -0.25) is 4.79 Å². The Morgan fingerprint density at radius 3 is 2.78 bits per heavy atom. The van der Waals surface area contributed by atoms with Gasteiger partial charge in [0, 0.05) is 32.4 Å². The van der Waals surface area contributed by atoms with Crippen LogP contribution in [0.1, 0.15) is 18.4 Å². The first-order valence-corrected chi connectivity index (χ1v) is 6.50. The van der Waals surface area contributed by atoms with E-state index >= 15 is 0 Å². The molecule has 4 heteroatoms. The molecule has 1 aliphatic rings. The maximum absolute atomic E-state index is 11.7. The van der Waals surface area contributed by atoms with Crippen molar-refractivity contribution in [3.05, 3.63) is 29.8 Å². The highest BCUT2D eigenvalue weighted by Crippen LogP contribution is 2.23. The highest BCUT2D eigenvalue weighted by Gasteiger charge is 2.24. The molecule has 0 aliphatic carbocycles. The number of hydrogen-bond donors (Lipinski definition) is 2. The molecule has 1 aliphatic heterocycles. The molecule has 0 aromatic heterocycles. The Bertz CT molecular complexity index is 402. The van der Waals surface area contributed by atoms with Crippen molar-refractivity contribution in [2.75, 3.05) is 25.0 Å². The summed E-state index contributed by atoms with van der Waals surface area (Å²) in [4.78, 5) is 14.0. The molecule has 1 atom stereocenters. The van der Waals surface area contributed by atoms with Crippen LogP contribution in [0, 0.1) is 5.92 Å². The number of nitrogens with zero attached hydrogens (tertiary/aromatic N) is 1. The Kier molecular flexibility index (Phi) is 4.20. The molecule has 0 radical (unpaired) electrons. The van der Waals surface area contributed by atoms with E-state index in [-0.39, 0.29) is 11.8 Å². The molecule has 1 heterocycles. The van der Waals surface area contributed by atoms with Crippen LogP contribution in [0.15, 0.2) is 24.3 Å². The van der Waals surface area contributed by atoms with Gasteiger partial charge in [0.2, 0.25) is 5.91 Å². The smallest absolute Gasteiger partial charge is 0.224 e. The lowest BCUT2D eigenvalue weighted by Gasteiger charge is -2.33. The summed E-state index contributed by atoms with van der Waals surface area (Å²) < 4.78 is 0. The number of anilines is 1. The summed E-state index contributed by atoms with van der Waals surface area (Å²) in [6.45, 7) is 2.40. The van der Waals surface area contributed by atoms with E-state index in [2.05, 4.69) is 34.5 Å². The summed E-state index contributed by atoms with van der Waals surface area (Å²) in [7, 11) is 1.71. The Morgan fingerprint density at radius 2 is 2.17 bits per heavy atom. The normalized spacial score (nSPS) is 19.7. The number of nitrogens with one attached hydrogen (secondary N) is 1. The SMILES string of the molecule is CNC(=O)[C@H]1CCCN(c2ccc(CN)cc2)C1. The number of nitrogens with two attached hydrogens (primary N) is 1. The highest BCUT2D eigenvalue weighted by atomic mass is 16.1. The molecule has 0 unspecified atom stereocenters. The van der Waals surface area contributed by atoms with Crippen LogP contribution in [0.3, 0.4) is 0 Å². The van der Waals surface area contributed by atoms with Crippen molar-refractivity contribution in [1.82, 2.24) is 5.32 Å². The summed E-state index contributed by atoms with van der Waals surface area (Å²) in [5.74, 6) is 0.260. The van der Waals surface area contributed by atoms with Crippen molar-refractivity contribution in [3.8, 4) is 0 Å². The third-order valence-corrected chi connectivity index (χ3v) is 3.58. The monoisotopic (exact) mass is 247 g/mol. The van der Waals surface area contributed by atoms with Gasteiger partial charge in [0.05, 0.1) is 5.92 Å². The minimum absolute atomic E-state index is 0.109. The van der Waals surface area contributed by atoms with E-state index in [0.29, 0.717) is 6.54 Å². The van der Waals surface area contributed by atoms with Crippen LogP contribution in [0.5, 0.6) is 0 Å². The molecule has 1 aromatic carbocycles. The molecule has 1 saturated heterocycles. The third-order valence-electron chi connectivity index (χ3n) is 3.58. The van der Waals surface area contributed by atoms with E-state index in [9.17, 15) is 4.79 Å². The van der Waals surface area contributed by atoms with Crippen molar-refractivity contribution in [2.24, 2.45) is 11.7 Å². The average Bonchev–Trinajstić information content (AvgIpc) is 2.46. The topological polar surface area (TPSA) is 58.4 Å². The molecule has 1 fully saturated rings. The predicted molar refractivity (Wildman–Crippen MR) is 73.3 cm³/mol. The van der Waals surface area contributed by atoms with Crippen molar-refractivity contribution < 1.29 is 4.79 Å². The van der Waals surface area contributed by atoms with Gasteiger partial charge in [-0.25, -0.2) is 0 Å². The zero-order valence-corrected chi connectivity index (χ0v) is 10.9. The van der Waals surface area contributed by atoms with Crippen molar-refractivity contribution in [2.45, 2.75) is 19.4 Å². The van der Waals surface area contributed by atoms with E-state index in [4.69, 9.17) is 5.73 Å². The summed E-state index contributed by atoms with van der Waals surface area (Å²) in [5, 5.41) is 2.74. The van der Waals surface area contributed by atoms with Crippen LogP contribution >= 0.6 is 0 Å². The summed E-state index contributed by atoms with van der Waals surface area (Å²) in [6, 6.07) is 8.29. The molecule has 1 aromatic rings. The molecule has 0 saturated carbocycles. The zero-order valence-electron chi connectivity index (χ0n) is 10.9. The summed E-state index contributed by atoms with van der Waals surface area (Å²) in [6.07, 6.45) is 2.05. The predicted octanol–water partition coefficient (Wildman–Crippen LogP) is 1.11. The molecule has 3 N–H and O–H groups in total. The molecule has 2 rings (SSSR count). The highest BCUT2D eigenvalue weighted by molar-refractivity contribution is 5.79. The average molecular weight is 247 g/mol. The van der Waals surface area contributed by atoms with Crippen LogP contribution in [-0.2, 0) is 11.3 Å². The van der Waals surface area contributed by atoms with E-state index in [1.807, 2.05) is 0 Å². The van der Waals surface area contributed by atoms with Gasteiger partial charge in [-0.1, -0.05) is 12.1 Å². The van der Waals surface area contributed by atoms with Crippen LogP contribution in [0.2, 0.25) is 0 Å². The number of amides is 1. The fourth-order valence-corrected chi connectivity index (χ4v) is 2.47. The van der Waals surface area contributed by atoms with E-state index in [1.165, 1.54) is 5.69 Å². The number of carbonyl (C=O) groups is 1. The van der Waals surface area contributed by atoms with Crippen LogP contribution in [0.25, 0.3) is 0 Å². The number of rotatable bonds is 3. The van der Waals surface area contributed by atoms with Gasteiger partial charge in [-0.15, -0.1) is 0 Å². The van der Waals surface area contributed by atoms with Crippen molar-refractivity contribution in [1.29, 1.82) is 0 Å². The molecule has 4 nitrogen and oxygen atoms in total. The molecule has 98 valence electrons. The second-order valence-electron chi connectivity index (χ2n) is 4.77. The van der Waals surface area contributed by atoms with Crippen molar-refractivity contribution >= 4 is 11.6 Å². The molecular weight excluding hydrogens is 226 g/mol.